The number of hydrogen-bond acceptors (Lipinski definition) is 4. The van der Waals surface area contributed by atoms with Crippen LogP contribution in [0, 0.1) is 16.0 Å². The number of hydrogen-bond donors (Lipinski definition) is 1. The molecule has 1 unspecified atom stereocenters. The van der Waals surface area contributed by atoms with Crippen LogP contribution in [0.5, 0.6) is 0 Å². The molecule has 1 N–H and O–H groups in total. The summed E-state index contributed by atoms with van der Waals surface area (Å²) in [6.45, 7) is 7.83. The van der Waals surface area contributed by atoms with Crippen LogP contribution < -0.4 is 5.32 Å². The average Bonchev–Trinajstić information content (AvgIpc) is 2.63. The molecule has 6 nitrogen and oxygen atoms in total. The van der Waals surface area contributed by atoms with Gasteiger partial charge in [0.1, 0.15) is 0 Å². The molecule has 1 atom stereocenters. The predicted molar refractivity (Wildman–Crippen MR) is 61.2 cm³/mol. The zero-order valence-corrected chi connectivity index (χ0v) is 9.88. The van der Waals surface area contributed by atoms with E-state index in [4.69, 9.17) is 0 Å². The van der Waals surface area contributed by atoms with Crippen molar-refractivity contribution in [2.75, 3.05) is 6.54 Å². The Morgan fingerprint density at radius 2 is 2.25 bits per heavy atom. The molecule has 0 radical (unpaired) electrons. The van der Waals surface area contributed by atoms with Gasteiger partial charge in [0.25, 0.3) is 0 Å². The van der Waals surface area contributed by atoms with Crippen LogP contribution in [0.25, 0.3) is 0 Å². The lowest BCUT2D eigenvalue weighted by atomic mass is 10.2. The molecule has 16 heavy (non-hydrogen) atoms. The van der Waals surface area contributed by atoms with E-state index < -0.39 is 4.92 Å². The Labute approximate surface area is 94.8 Å². The lowest BCUT2D eigenvalue weighted by Crippen LogP contribution is -2.29. The molecule has 1 rings (SSSR count). The van der Waals surface area contributed by atoms with E-state index in [-0.39, 0.29) is 5.82 Å². The summed E-state index contributed by atoms with van der Waals surface area (Å²) in [5.41, 5.74) is 0. The van der Waals surface area contributed by atoms with Gasteiger partial charge in [-0.1, -0.05) is 20.8 Å². The van der Waals surface area contributed by atoms with E-state index in [1.165, 1.54) is 6.07 Å². The van der Waals surface area contributed by atoms with Crippen molar-refractivity contribution in [2.24, 2.45) is 5.92 Å². The van der Waals surface area contributed by atoms with Crippen molar-refractivity contribution >= 4 is 5.82 Å². The Hall–Kier alpha value is -1.43. The van der Waals surface area contributed by atoms with Crippen LogP contribution in [-0.2, 0) is 6.54 Å². The Kier molecular flexibility index (Phi) is 4.42. The van der Waals surface area contributed by atoms with Crippen LogP contribution in [0.15, 0.2) is 12.3 Å². The largest absolute Gasteiger partial charge is 0.389 e. The molecule has 1 heterocycles. The van der Waals surface area contributed by atoms with E-state index in [2.05, 4.69) is 31.2 Å². The Balaban J connectivity index is 2.43. The lowest BCUT2D eigenvalue weighted by Gasteiger charge is -2.13. The SMILES string of the molecule is CC(CNC(C)C)Cn1ccc([N+](=O)[O-])n1. The van der Waals surface area contributed by atoms with Gasteiger partial charge in [0.2, 0.25) is 0 Å². The van der Waals surface area contributed by atoms with Gasteiger partial charge in [-0.2, -0.15) is 4.68 Å². The van der Waals surface area contributed by atoms with Crippen LogP contribution in [-0.4, -0.2) is 27.3 Å². The minimum atomic E-state index is -0.479. The lowest BCUT2D eigenvalue weighted by molar-refractivity contribution is -0.389. The van der Waals surface area contributed by atoms with E-state index in [1.54, 1.807) is 10.9 Å². The smallest absolute Gasteiger partial charge is 0.358 e. The second-order valence-electron chi connectivity index (χ2n) is 4.32. The third kappa shape index (κ3) is 3.98. The second kappa shape index (κ2) is 5.60. The van der Waals surface area contributed by atoms with E-state index >= 15 is 0 Å². The summed E-state index contributed by atoms with van der Waals surface area (Å²) in [6.07, 6.45) is 1.64. The quantitative estimate of drug-likeness (QED) is 0.588. The highest BCUT2D eigenvalue weighted by Crippen LogP contribution is 2.07. The normalized spacial score (nSPS) is 13.0. The topological polar surface area (TPSA) is 73.0 Å². The first-order valence-electron chi connectivity index (χ1n) is 5.40. The van der Waals surface area contributed by atoms with Gasteiger partial charge >= 0.3 is 5.82 Å². The predicted octanol–water partition coefficient (Wildman–Crippen LogP) is 1.43. The molecule has 6 heteroatoms. The summed E-state index contributed by atoms with van der Waals surface area (Å²) >= 11 is 0. The summed E-state index contributed by atoms with van der Waals surface area (Å²) in [5.74, 6) is 0.297. The fourth-order valence-corrected chi connectivity index (χ4v) is 1.37. The molecule has 0 saturated carbocycles. The molecule has 0 saturated heterocycles. The molecule has 0 aliphatic rings. The fraction of sp³-hybridized carbons (Fsp3) is 0.700. The molecule has 0 aliphatic heterocycles. The van der Waals surface area contributed by atoms with Crippen LogP contribution in [0.2, 0.25) is 0 Å². The first kappa shape index (κ1) is 12.6. The molecule has 0 amide bonds. The van der Waals surface area contributed by atoms with Gasteiger partial charge in [0.05, 0.1) is 23.9 Å². The monoisotopic (exact) mass is 226 g/mol. The number of nitrogens with one attached hydrogen (secondary N) is 1. The van der Waals surface area contributed by atoms with Gasteiger partial charge in [-0.15, -0.1) is 0 Å². The Bertz CT molecular complexity index is 348. The van der Waals surface area contributed by atoms with Crippen molar-refractivity contribution in [3.05, 3.63) is 22.4 Å². The summed E-state index contributed by atoms with van der Waals surface area (Å²) in [5, 5.41) is 17.6. The van der Waals surface area contributed by atoms with E-state index in [0.29, 0.717) is 18.5 Å². The Morgan fingerprint density at radius 1 is 1.56 bits per heavy atom. The van der Waals surface area contributed by atoms with Crippen LogP contribution in [0.1, 0.15) is 20.8 Å². The molecular formula is C10H18N4O2. The second-order valence-corrected chi connectivity index (χ2v) is 4.32. The summed E-state index contributed by atoms with van der Waals surface area (Å²) in [6, 6.07) is 1.87. The standard InChI is InChI=1S/C10H18N4O2/c1-8(2)11-6-9(3)7-13-5-4-10(12-13)14(15)16/h4-5,8-9,11H,6-7H2,1-3H3. The van der Waals surface area contributed by atoms with Gasteiger partial charge in [-0.25, -0.2) is 0 Å². The third-order valence-electron chi connectivity index (χ3n) is 2.19. The summed E-state index contributed by atoms with van der Waals surface area (Å²) in [4.78, 5) is 9.95. The van der Waals surface area contributed by atoms with Gasteiger partial charge in [0, 0.05) is 6.04 Å². The fourth-order valence-electron chi connectivity index (χ4n) is 1.37. The van der Waals surface area contributed by atoms with E-state index in [9.17, 15) is 10.1 Å². The molecule has 1 aromatic rings. The summed E-state index contributed by atoms with van der Waals surface area (Å²) < 4.78 is 1.62. The third-order valence-corrected chi connectivity index (χ3v) is 2.19. The number of nitro groups is 1. The Morgan fingerprint density at radius 3 is 2.75 bits per heavy atom. The molecule has 0 bridgehead atoms. The van der Waals surface area contributed by atoms with Gasteiger partial charge in [-0.05, 0) is 17.4 Å². The minimum Gasteiger partial charge on any atom is -0.358 e. The van der Waals surface area contributed by atoms with E-state index in [1.807, 2.05) is 0 Å². The van der Waals surface area contributed by atoms with Gasteiger partial charge in [-0.3, -0.25) is 0 Å². The van der Waals surface area contributed by atoms with E-state index in [0.717, 1.165) is 6.54 Å². The van der Waals surface area contributed by atoms with Gasteiger partial charge in [0.15, 0.2) is 0 Å². The number of aromatic nitrogens is 2. The minimum absolute atomic E-state index is 0.0935. The van der Waals surface area contributed by atoms with Crippen molar-refractivity contribution in [3.8, 4) is 0 Å². The molecule has 1 aromatic heterocycles. The van der Waals surface area contributed by atoms with Gasteiger partial charge < -0.3 is 15.4 Å². The van der Waals surface area contributed by atoms with Crippen molar-refractivity contribution in [3.63, 3.8) is 0 Å². The highest BCUT2D eigenvalue weighted by molar-refractivity contribution is 5.13. The zero-order chi connectivity index (χ0) is 12.1. The van der Waals surface area contributed by atoms with Crippen LogP contribution >= 0.6 is 0 Å². The highest BCUT2D eigenvalue weighted by Gasteiger charge is 2.12. The first-order chi connectivity index (χ1) is 7.49. The molecule has 90 valence electrons. The first-order valence-corrected chi connectivity index (χ1v) is 5.40. The summed E-state index contributed by atoms with van der Waals surface area (Å²) in [7, 11) is 0. The van der Waals surface area contributed by atoms with Crippen LogP contribution in [0.3, 0.4) is 0 Å². The van der Waals surface area contributed by atoms with Crippen molar-refractivity contribution in [1.82, 2.24) is 15.1 Å². The molecule has 0 spiro atoms. The van der Waals surface area contributed by atoms with Crippen molar-refractivity contribution < 1.29 is 4.92 Å². The average molecular weight is 226 g/mol. The van der Waals surface area contributed by atoms with Crippen molar-refractivity contribution in [2.45, 2.75) is 33.4 Å². The number of rotatable bonds is 6. The maximum atomic E-state index is 10.4. The number of nitrogens with zero attached hydrogens (tertiary/aromatic N) is 3. The molecule has 0 aromatic carbocycles. The highest BCUT2D eigenvalue weighted by atomic mass is 16.6. The molecule has 0 fully saturated rings. The van der Waals surface area contributed by atoms with Crippen LogP contribution in [0.4, 0.5) is 5.82 Å². The maximum absolute atomic E-state index is 10.4. The molecular weight excluding hydrogens is 208 g/mol. The zero-order valence-electron chi connectivity index (χ0n) is 9.88. The maximum Gasteiger partial charge on any atom is 0.389 e. The molecule has 0 aliphatic carbocycles. The van der Waals surface area contributed by atoms with Crippen molar-refractivity contribution in [1.29, 1.82) is 0 Å².